The molecule has 0 spiro atoms. The van der Waals surface area contributed by atoms with E-state index in [1.54, 1.807) is 12.1 Å². The molecule has 2 aromatic heterocycles. The van der Waals surface area contributed by atoms with Gasteiger partial charge in [-0.1, -0.05) is 38.2 Å². The Labute approximate surface area is 202 Å². The van der Waals surface area contributed by atoms with Crippen LogP contribution in [0.2, 0.25) is 0 Å². The molecule has 0 aliphatic heterocycles. The molecule has 4 rings (SSSR count). The highest BCUT2D eigenvalue weighted by Gasteiger charge is 2.29. The summed E-state index contributed by atoms with van der Waals surface area (Å²) in [4.78, 5) is 46.8. The third-order valence-corrected chi connectivity index (χ3v) is 7.83. The van der Waals surface area contributed by atoms with E-state index in [0.29, 0.717) is 17.7 Å². The molecule has 10 heteroatoms. The lowest BCUT2D eigenvalue weighted by Crippen LogP contribution is -2.42. The standard InChI is InChI=1S/C25H29N3O6S/c1-35(33,34)19-9-10-20-21(13-19)27-25(32)28(24(20)31)22(11-16-5-3-2-4-6-16)23(30)12-18-8-7-17(15-29)14-26-18/h7-10,13-14,16,22,29H,2-6,11-12,15H2,1H3,(H,27,32). The molecule has 2 heterocycles. The number of hydrogen-bond donors (Lipinski definition) is 2. The van der Waals surface area contributed by atoms with E-state index in [2.05, 4.69) is 9.97 Å². The van der Waals surface area contributed by atoms with E-state index in [9.17, 15) is 27.9 Å². The SMILES string of the molecule is CS(=O)(=O)c1ccc2c(=O)n(C(CC3CCCCC3)C(=O)Cc3ccc(CO)cn3)c(=O)[nH]c2c1. The Kier molecular flexibility index (Phi) is 7.32. The molecule has 9 nitrogen and oxygen atoms in total. The number of ketones is 1. The Bertz CT molecular complexity index is 1450. The number of H-pyrrole nitrogens is 1. The number of aliphatic hydroxyl groups is 1. The minimum atomic E-state index is -3.53. The van der Waals surface area contributed by atoms with Gasteiger partial charge in [0.15, 0.2) is 15.6 Å². The average molecular weight is 500 g/mol. The number of nitrogens with one attached hydrogen (secondary N) is 1. The van der Waals surface area contributed by atoms with Gasteiger partial charge in [0.05, 0.1) is 28.8 Å². The van der Waals surface area contributed by atoms with Crippen LogP contribution in [0.4, 0.5) is 0 Å². The van der Waals surface area contributed by atoms with Gasteiger partial charge in [-0.05, 0) is 42.2 Å². The lowest BCUT2D eigenvalue weighted by Gasteiger charge is -2.26. The lowest BCUT2D eigenvalue weighted by molar-refractivity contribution is -0.122. The van der Waals surface area contributed by atoms with Crippen LogP contribution in [0, 0.1) is 5.92 Å². The van der Waals surface area contributed by atoms with Gasteiger partial charge in [-0.2, -0.15) is 0 Å². The molecule has 1 fully saturated rings. The molecule has 1 unspecified atom stereocenters. The molecule has 0 saturated heterocycles. The molecule has 1 atom stereocenters. The summed E-state index contributed by atoms with van der Waals surface area (Å²) in [5.41, 5.74) is -0.142. The van der Waals surface area contributed by atoms with Crippen LogP contribution in [-0.4, -0.2) is 40.1 Å². The zero-order valence-electron chi connectivity index (χ0n) is 19.6. The van der Waals surface area contributed by atoms with Crippen molar-refractivity contribution in [2.45, 2.75) is 62.5 Å². The van der Waals surface area contributed by atoms with Crippen LogP contribution < -0.4 is 11.2 Å². The molecule has 186 valence electrons. The van der Waals surface area contributed by atoms with Crippen molar-refractivity contribution in [1.82, 2.24) is 14.5 Å². The number of aliphatic hydroxyl groups excluding tert-OH is 1. The second-order valence-corrected chi connectivity index (χ2v) is 11.3. The van der Waals surface area contributed by atoms with Crippen LogP contribution in [0.15, 0.2) is 51.0 Å². The number of rotatable bonds is 8. The zero-order valence-corrected chi connectivity index (χ0v) is 20.4. The van der Waals surface area contributed by atoms with E-state index >= 15 is 0 Å². The van der Waals surface area contributed by atoms with E-state index < -0.39 is 27.1 Å². The van der Waals surface area contributed by atoms with Crippen molar-refractivity contribution in [2.75, 3.05) is 6.26 Å². The number of hydrogen-bond acceptors (Lipinski definition) is 7. The minimum Gasteiger partial charge on any atom is -0.392 e. The van der Waals surface area contributed by atoms with Crippen LogP contribution in [0.1, 0.15) is 55.8 Å². The van der Waals surface area contributed by atoms with E-state index in [1.807, 2.05) is 0 Å². The Morgan fingerprint density at radius 1 is 1.17 bits per heavy atom. The van der Waals surface area contributed by atoms with E-state index in [0.717, 1.165) is 42.9 Å². The normalized spacial score (nSPS) is 15.8. The summed E-state index contributed by atoms with van der Waals surface area (Å²) >= 11 is 0. The first-order chi connectivity index (χ1) is 16.7. The first-order valence-electron chi connectivity index (χ1n) is 11.7. The Balaban J connectivity index is 1.76. The van der Waals surface area contributed by atoms with Crippen LogP contribution in [0.5, 0.6) is 0 Å². The summed E-state index contributed by atoms with van der Waals surface area (Å²) < 4.78 is 24.8. The van der Waals surface area contributed by atoms with Gasteiger partial charge in [-0.3, -0.25) is 14.6 Å². The van der Waals surface area contributed by atoms with Crippen molar-refractivity contribution in [1.29, 1.82) is 0 Å². The highest BCUT2D eigenvalue weighted by Crippen LogP contribution is 2.31. The Morgan fingerprint density at radius 3 is 2.54 bits per heavy atom. The van der Waals surface area contributed by atoms with E-state index in [-0.39, 0.29) is 40.5 Å². The molecule has 0 radical (unpaired) electrons. The number of aromatic amines is 1. The molecular weight excluding hydrogens is 470 g/mol. The fourth-order valence-corrected chi connectivity index (χ4v) is 5.44. The third kappa shape index (κ3) is 5.59. The van der Waals surface area contributed by atoms with Crippen LogP contribution in [0.3, 0.4) is 0 Å². The smallest absolute Gasteiger partial charge is 0.329 e. The van der Waals surface area contributed by atoms with Crippen LogP contribution >= 0.6 is 0 Å². The van der Waals surface area contributed by atoms with Crippen molar-refractivity contribution in [2.24, 2.45) is 5.92 Å². The van der Waals surface area contributed by atoms with Gasteiger partial charge in [0, 0.05) is 18.1 Å². The second-order valence-electron chi connectivity index (χ2n) is 9.30. The topological polar surface area (TPSA) is 139 Å². The van der Waals surface area contributed by atoms with Gasteiger partial charge in [-0.15, -0.1) is 0 Å². The highest BCUT2D eigenvalue weighted by molar-refractivity contribution is 7.90. The summed E-state index contributed by atoms with van der Waals surface area (Å²) in [7, 11) is -3.53. The van der Waals surface area contributed by atoms with E-state index in [1.165, 1.54) is 24.4 Å². The monoisotopic (exact) mass is 499 g/mol. The number of carbonyl (C=O) groups excluding carboxylic acids is 1. The number of sulfone groups is 1. The zero-order chi connectivity index (χ0) is 25.2. The maximum Gasteiger partial charge on any atom is 0.329 e. The summed E-state index contributed by atoms with van der Waals surface area (Å²) in [6.45, 7) is -0.158. The van der Waals surface area contributed by atoms with Crippen LogP contribution in [0.25, 0.3) is 10.9 Å². The van der Waals surface area contributed by atoms with Crippen molar-refractivity contribution in [3.05, 3.63) is 68.6 Å². The van der Waals surface area contributed by atoms with Crippen molar-refractivity contribution < 1.29 is 18.3 Å². The van der Waals surface area contributed by atoms with Gasteiger partial charge in [0.2, 0.25) is 0 Å². The van der Waals surface area contributed by atoms with Gasteiger partial charge >= 0.3 is 5.69 Å². The largest absolute Gasteiger partial charge is 0.392 e. The van der Waals surface area contributed by atoms with Gasteiger partial charge in [0.1, 0.15) is 6.04 Å². The van der Waals surface area contributed by atoms with Crippen molar-refractivity contribution in [3.63, 3.8) is 0 Å². The number of Topliss-reactive ketones (excluding diaryl/α,β-unsaturated/α-hetero) is 1. The molecular formula is C25H29N3O6S. The number of aromatic nitrogens is 3. The number of benzene rings is 1. The summed E-state index contributed by atoms with van der Waals surface area (Å²) in [6, 6.07) is 6.33. The van der Waals surface area contributed by atoms with Gasteiger partial charge < -0.3 is 10.1 Å². The van der Waals surface area contributed by atoms with Crippen molar-refractivity contribution >= 4 is 26.5 Å². The molecule has 1 aromatic carbocycles. The molecule has 1 aliphatic carbocycles. The number of carbonyl (C=O) groups is 1. The number of nitrogens with zero attached hydrogens (tertiary/aromatic N) is 2. The highest BCUT2D eigenvalue weighted by atomic mass is 32.2. The Hall–Kier alpha value is -3.11. The van der Waals surface area contributed by atoms with E-state index in [4.69, 9.17) is 0 Å². The molecule has 35 heavy (non-hydrogen) atoms. The molecule has 0 amide bonds. The lowest BCUT2D eigenvalue weighted by atomic mass is 9.83. The maximum absolute atomic E-state index is 13.5. The first-order valence-corrected chi connectivity index (χ1v) is 13.6. The molecule has 3 aromatic rings. The number of fused-ring (bicyclic) bond motifs is 1. The summed E-state index contributed by atoms with van der Waals surface area (Å²) in [6.07, 6.45) is 7.97. The fraction of sp³-hybridized carbons (Fsp3) is 0.440. The molecule has 1 saturated carbocycles. The second kappa shape index (κ2) is 10.2. The fourth-order valence-electron chi connectivity index (χ4n) is 4.79. The molecule has 2 N–H and O–H groups in total. The third-order valence-electron chi connectivity index (χ3n) is 6.72. The number of pyridine rings is 1. The summed E-state index contributed by atoms with van der Waals surface area (Å²) in [5, 5.41) is 9.36. The quantitative estimate of drug-likeness (QED) is 0.485. The molecule has 1 aliphatic rings. The summed E-state index contributed by atoms with van der Waals surface area (Å²) in [5.74, 6) is -0.0726. The average Bonchev–Trinajstić information content (AvgIpc) is 2.83. The Morgan fingerprint density at radius 2 is 1.91 bits per heavy atom. The maximum atomic E-state index is 13.5. The predicted octanol–water partition coefficient (Wildman–Crippen LogP) is 2.30. The van der Waals surface area contributed by atoms with Gasteiger partial charge in [-0.25, -0.2) is 17.8 Å². The minimum absolute atomic E-state index is 0.00923. The van der Waals surface area contributed by atoms with Gasteiger partial charge in [0.25, 0.3) is 5.56 Å². The molecule has 0 bridgehead atoms. The predicted molar refractivity (Wildman–Crippen MR) is 131 cm³/mol. The van der Waals surface area contributed by atoms with Crippen molar-refractivity contribution in [3.8, 4) is 0 Å². The van der Waals surface area contributed by atoms with Crippen LogP contribution in [-0.2, 0) is 27.7 Å². The first kappa shape index (κ1) is 25.0.